The van der Waals surface area contributed by atoms with Crippen molar-refractivity contribution in [1.82, 2.24) is 4.90 Å². The highest BCUT2D eigenvalue weighted by atomic mass is 35.5. The molecule has 0 saturated carbocycles. The molecule has 1 heterocycles. The highest BCUT2D eigenvalue weighted by molar-refractivity contribution is 6.30. The Balaban J connectivity index is 2.15. The van der Waals surface area contributed by atoms with Crippen molar-refractivity contribution in [3.8, 4) is 0 Å². The van der Waals surface area contributed by atoms with Gasteiger partial charge in [-0.25, -0.2) is 4.39 Å². The summed E-state index contributed by atoms with van der Waals surface area (Å²) in [5, 5.41) is 9.34. The number of carbonyl (C=O) groups is 1. The lowest BCUT2D eigenvalue weighted by molar-refractivity contribution is -0.128. The fourth-order valence-electron chi connectivity index (χ4n) is 1.78. The normalized spacial score (nSPS) is 20.6. The van der Waals surface area contributed by atoms with E-state index in [9.17, 15) is 14.3 Å². The zero-order valence-electron chi connectivity index (χ0n) is 8.49. The second-order valence-corrected chi connectivity index (χ2v) is 4.25. The molecule has 5 heteroatoms. The zero-order valence-corrected chi connectivity index (χ0v) is 9.25. The Kier molecular flexibility index (Phi) is 3.12. The van der Waals surface area contributed by atoms with Gasteiger partial charge < -0.3 is 10.0 Å². The van der Waals surface area contributed by atoms with Gasteiger partial charge in [-0.05, 0) is 6.07 Å². The van der Waals surface area contributed by atoms with Gasteiger partial charge in [0.05, 0.1) is 17.5 Å². The summed E-state index contributed by atoms with van der Waals surface area (Å²) in [6.07, 6.45) is -0.530. The third-order valence-corrected chi connectivity index (χ3v) is 2.88. The molecular formula is C11H11ClFNO2. The second-order valence-electron chi connectivity index (χ2n) is 3.85. The van der Waals surface area contributed by atoms with Gasteiger partial charge in [0.15, 0.2) is 0 Å². The van der Waals surface area contributed by atoms with Crippen LogP contribution in [0.1, 0.15) is 12.0 Å². The molecule has 3 nitrogen and oxygen atoms in total. The number of rotatable bonds is 2. The molecule has 1 aliphatic rings. The number of amides is 1. The average molecular weight is 244 g/mol. The molecular weight excluding hydrogens is 233 g/mol. The van der Waals surface area contributed by atoms with Crippen molar-refractivity contribution in [2.45, 2.75) is 19.1 Å². The Labute approximate surface area is 97.4 Å². The Morgan fingerprint density at radius 3 is 2.94 bits per heavy atom. The maximum Gasteiger partial charge on any atom is 0.225 e. The monoisotopic (exact) mass is 243 g/mol. The molecule has 0 bridgehead atoms. The number of aliphatic hydroxyl groups is 1. The van der Waals surface area contributed by atoms with E-state index >= 15 is 0 Å². The summed E-state index contributed by atoms with van der Waals surface area (Å²) in [4.78, 5) is 12.8. The van der Waals surface area contributed by atoms with Crippen molar-refractivity contribution in [1.29, 1.82) is 0 Å². The molecule has 1 unspecified atom stereocenters. The average Bonchev–Trinajstić information content (AvgIpc) is 2.53. The standard InChI is InChI=1S/C11H11ClFNO2/c12-9-3-1-2-7(11(9)13)5-14-6-8(15)4-10(14)16/h1-3,8,15H,4-6H2. The van der Waals surface area contributed by atoms with Crippen LogP contribution in [0.3, 0.4) is 0 Å². The Morgan fingerprint density at radius 1 is 1.56 bits per heavy atom. The third kappa shape index (κ3) is 2.18. The molecule has 1 saturated heterocycles. The highest BCUT2D eigenvalue weighted by Gasteiger charge is 2.28. The number of aliphatic hydroxyl groups excluding tert-OH is 1. The minimum atomic E-state index is -0.644. The topological polar surface area (TPSA) is 40.5 Å². The third-order valence-electron chi connectivity index (χ3n) is 2.59. The lowest BCUT2D eigenvalue weighted by Crippen LogP contribution is -2.25. The molecule has 2 rings (SSSR count). The molecule has 0 radical (unpaired) electrons. The number of hydrogen-bond acceptors (Lipinski definition) is 2. The van der Waals surface area contributed by atoms with Crippen LogP contribution in [-0.2, 0) is 11.3 Å². The van der Waals surface area contributed by atoms with Gasteiger partial charge in [0, 0.05) is 18.7 Å². The van der Waals surface area contributed by atoms with Crippen LogP contribution < -0.4 is 0 Å². The van der Waals surface area contributed by atoms with Crippen LogP contribution in [0.2, 0.25) is 5.02 Å². The van der Waals surface area contributed by atoms with Crippen molar-refractivity contribution in [3.05, 3.63) is 34.6 Å². The number of β-amino-alcohol motifs (C(OH)–C–C–N with tert-alkyl or cyclic N) is 1. The summed E-state index contributed by atoms with van der Waals surface area (Å²) < 4.78 is 13.5. The van der Waals surface area contributed by atoms with Gasteiger partial charge in [-0.2, -0.15) is 0 Å². The molecule has 1 aromatic carbocycles. The Morgan fingerprint density at radius 2 is 2.31 bits per heavy atom. The fourth-order valence-corrected chi connectivity index (χ4v) is 1.97. The minimum absolute atomic E-state index is 0.0460. The van der Waals surface area contributed by atoms with E-state index in [1.807, 2.05) is 0 Å². The van der Waals surface area contributed by atoms with Crippen LogP contribution in [0.5, 0.6) is 0 Å². The van der Waals surface area contributed by atoms with Crippen molar-refractivity contribution < 1.29 is 14.3 Å². The number of carbonyl (C=O) groups excluding carboxylic acids is 1. The summed E-state index contributed by atoms with van der Waals surface area (Å²) in [6.45, 7) is 0.410. The van der Waals surface area contributed by atoms with Crippen LogP contribution in [0.25, 0.3) is 0 Å². The second kappa shape index (κ2) is 4.39. The maximum atomic E-state index is 13.5. The van der Waals surface area contributed by atoms with Crippen LogP contribution >= 0.6 is 11.6 Å². The first-order valence-corrected chi connectivity index (χ1v) is 5.34. The lowest BCUT2D eigenvalue weighted by Gasteiger charge is -2.16. The molecule has 1 N–H and O–H groups in total. The van der Waals surface area contributed by atoms with E-state index in [-0.39, 0.29) is 30.4 Å². The molecule has 1 aromatic rings. The van der Waals surface area contributed by atoms with E-state index in [2.05, 4.69) is 0 Å². The number of halogens is 2. The quantitative estimate of drug-likeness (QED) is 0.857. The summed E-state index contributed by atoms with van der Waals surface area (Å²) in [5.74, 6) is -0.662. The summed E-state index contributed by atoms with van der Waals surface area (Å²) >= 11 is 5.64. The molecule has 0 aliphatic carbocycles. The van der Waals surface area contributed by atoms with Crippen LogP contribution in [0.4, 0.5) is 4.39 Å². The number of nitrogens with zero attached hydrogens (tertiary/aromatic N) is 1. The first-order chi connectivity index (χ1) is 7.58. The molecule has 86 valence electrons. The van der Waals surface area contributed by atoms with E-state index in [0.29, 0.717) is 5.56 Å². The van der Waals surface area contributed by atoms with Crippen LogP contribution in [0, 0.1) is 5.82 Å². The Hall–Kier alpha value is -1.13. The number of hydrogen-bond donors (Lipinski definition) is 1. The molecule has 1 aliphatic heterocycles. The first kappa shape index (κ1) is 11.4. The van der Waals surface area contributed by atoms with Gasteiger partial charge in [0.1, 0.15) is 5.82 Å². The molecule has 1 amide bonds. The Bertz CT molecular complexity index is 424. The molecule has 16 heavy (non-hydrogen) atoms. The summed E-state index contributed by atoms with van der Waals surface area (Å²) in [5.41, 5.74) is 0.370. The number of likely N-dealkylation sites (tertiary alicyclic amines) is 1. The van der Waals surface area contributed by atoms with E-state index < -0.39 is 11.9 Å². The van der Waals surface area contributed by atoms with Crippen LogP contribution in [0.15, 0.2) is 18.2 Å². The molecule has 0 aromatic heterocycles. The van der Waals surface area contributed by atoms with Crippen molar-refractivity contribution in [2.24, 2.45) is 0 Å². The van der Waals surface area contributed by atoms with Gasteiger partial charge in [-0.1, -0.05) is 23.7 Å². The van der Waals surface area contributed by atoms with Gasteiger partial charge in [0.2, 0.25) is 5.91 Å². The minimum Gasteiger partial charge on any atom is -0.391 e. The largest absolute Gasteiger partial charge is 0.391 e. The number of benzene rings is 1. The van der Waals surface area contributed by atoms with Gasteiger partial charge in [0.25, 0.3) is 0 Å². The zero-order chi connectivity index (χ0) is 11.7. The van der Waals surface area contributed by atoms with E-state index in [1.54, 1.807) is 12.1 Å². The molecule has 1 fully saturated rings. The van der Waals surface area contributed by atoms with Gasteiger partial charge in [-0.15, -0.1) is 0 Å². The van der Waals surface area contributed by atoms with Crippen LogP contribution in [-0.4, -0.2) is 28.6 Å². The SMILES string of the molecule is O=C1CC(O)CN1Cc1cccc(Cl)c1F. The summed E-state index contributed by atoms with van der Waals surface area (Å²) in [6, 6.07) is 4.68. The predicted octanol–water partition coefficient (Wildman–Crippen LogP) is 1.57. The summed E-state index contributed by atoms with van der Waals surface area (Å²) in [7, 11) is 0. The van der Waals surface area contributed by atoms with E-state index in [4.69, 9.17) is 11.6 Å². The van der Waals surface area contributed by atoms with Crippen molar-refractivity contribution in [2.75, 3.05) is 6.54 Å². The predicted molar refractivity (Wildman–Crippen MR) is 57.5 cm³/mol. The molecule has 0 spiro atoms. The molecule has 1 atom stereocenters. The van der Waals surface area contributed by atoms with Crippen molar-refractivity contribution >= 4 is 17.5 Å². The lowest BCUT2D eigenvalue weighted by atomic mass is 10.2. The highest BCUT2D eigenvalue weighted by Crippen LogP contribution is 2.21. The van der Waals surface area contributed by atoms with Gasteiger partial charge in [-0.3, -0.25) is 4.79 Å². The van der Waals surface area contributed by atoms with Crippen molar-refractivity contribution in [3.63, 3.8) is 0 Å². The van der Waals surface area contributed by atoms with E-state index in [1.165, 1.54) is 11.0 Å². The smallest absolute Gasteiger partial charge is 0.225 e. The fraction of sp³-hybridized carbons (Fsp3) is 0.364. The maximum absolute atomic E-state index is 13.5. The van der Waals surface area contributed by atoms with Gasteiger partial charge >= 0.3 is 0 Å². The first-order valence-electron chi connectivity index (χ1n) is 4.96. The van der Waals surface area contributed by atoms with E-state index in [0.717, 1.165) is 0 Å².